The summed E-state index contributed by atoms with van der Waals surface area (Å²) in [7, 11) is 0. The number of carbonyl (C=O) groups excluding carboxylic acids is 1. The van der Waals surface area contributed by atoms with E-state index >= 15 is 0 Å². The molecule has 0 spiro atoms. The van der Waals surface area contributed by atoms with Crippen LogP contribution in [0.2, 0.25) is 0 Å². The SMILES string of the molecule is Cc1cc(F)c(Br)cc1NCC(=O)N1CCCC1. The van der Waals surface area contributed by atoms with Crippen molar-refractivity contribution < 1.29 is 9.18 Å². The highest BCUT2D eigenvalue weighted by molar-refractivity contribution is 9.10. The van der Waals surface area contributed by atoms with Gasteiger partial charge in [0.05, 0.1) is 11.0 Å². The highest BCUT2D eigenvalue weighted by Crippen LogP contribution is 2.24. The number of anilines is 1. The first-order valence-corrected chi connectivity index (χ1v) is 6.84. The molecule has 1 fully saturated rings. The van der Waals surface area contributed by atoms with Crippen LogP contribution in [-0.2, 0) is 4.79 Å². The number of benzene rings is 1. The van der Waals surface area contributed by atoms with Gasteiger partial charge < -0.3 is 10.2 Å². The van der Waals surface area contributed by atoms with Crippen LogP contribution in [0.5, 0.6) is 0 Å². The summed E-state index contributed by atoms with van der Waals surface area (Å²) in [5, 5.41) is 3.07. The summed E-state index contributed by atoms with van der Waals surface area (Å²) in [5.74, 6) is -0.184. The van der Waals surface area contributed by atoms with Gasteiger partial charge in [-0.3, -0.25) is 4.79 Å². The van der Waals surface area contributed by atoms with Crippen molar-refractivity contribution in [3.05, 3.63) is 28.0 Å². The second-order valence-corrected chi connectivity index (χ2v) is 5.38. The number of halogens is 2. The Hall–Kier alpha value is -1.10. The molecule has 1 aromatic rings. The van der Waals surface area contributed by atoms with E-state index in [1.54, 1.807) is 6.07 Å². The Morgan fingerprint density at radius 3 is 2.78 bits per heavy atom. The third-order valence-corrected chi connectivity index (χ3v) is 3.76. The van der Waals surface area contributed by atoms with E-state index in [-0.39, 0.29) is 18.3 Å². The first-order chi connectivity index (χ1) is 8.58. The molecular formula is C13H16BrFN2O. The van der Waals surface area contributed by atoms with E-state index in [1.165, 1.54) is 6.07 Å². The lowest BCUT2D eigenvalue weighted by Crippen LogP contribution is -2.33. The van der Waals surface area contributed by atoms with Crippen LogP contribution in [0.15, 0.2) is 16.6 Å². The summed E-state index contributed by atoms with van der Waals surface area (Å²) in [4.78, 5) is 13.7. The molecule has 0 radical (unpaired) electrons. The number of hydrogen-bond donors (Lipinski definition) is 1. The molecule has 1 N–H and O–H groups in total. The van der Waals surface area contributed by atoms with Gasteiger partial charge in [0, 0.05) is 18.8 Å². The van der Waals surface area contributed by atoms with Crippen molar-refractivity contribution in [2.45, 2.75) is 19.8 Å². The summed E-state index contributed by atoms with van der Waals surface area (Å²) in [6.45, 7) is 3.79. The van der Waals surface area contributed by atoms with Gasteiger partial charge in [-0.1, -0.05) is 0 Å². The Morgan fingerprint density at radius 2 is 2.11 bits per heavy atom. The number of aryl methyl sites for hydroxylation is 1. The van der Waals surface area contributed by atoms with E-state index in [1.807, 2.05) is 11.8 Å². The molecule has 0 aromatic heterocycles. The summed E-state index contributed by atoms with van der Waals surface area (Å²) < 4.78 is 13.7. The van der Waals surface area contributed by atoms with Gasteiger partial charge in [-0.15, -0.1) is 0 Å². The van der Waals surface area contributed by atoms with Gasteiger partial charge in [0.2, 0.25) is 5.91 Å². The normalized spacial score (nSPS) is 14.9. The lowest BCUT2D eigenvalue weighted by molar-refractivity contribution is -0.128. The van der Waals surface area contributed by atoms with E-state index in [2.05, 4.69) is 21.2 Å². The van der Waals surface area contributed by atoms with Crippen LogP contribution >= 0.6 is 15.9 Å². The van der Waals surface area contributed by atoms with Crippen LogP contribution in [-0.4, -0.2) is 30.4 Å². The maximum atomic E-state index is 13.3. The molecule has 1 aliphatic rings. The van der Waals surface area contributed by atoms with Gasteiger partial charge in [0.1, 0.15) is 5.82 Å². The Kier molecular flexibility index (Phi) is 4.22. The van der Waals surface area contributed by atoms with Crippen LogP contribution in [0.3, 0.4) is 0 Å². The van der Waals surface area contributed by atoms with Gasteiger partial charge in [-0.2, -0.15) is 0 Å². The Balaban J connectivity index is 1.97. The van der Waals surface area contributed by atoms with E-state index < -0.39 is 0 Å². The zero-order valence-corrected chi connectivity index (χ0v) is 11.9. The largest absolute Gasteiger partial charge is 0.376 e. The zero-order valence-electron chi connectivity index (χ0n) is 10.3. The lowest BCUT2D eigenvalue weighted by atomic mass is 10.2. The molecule has 1 amide bonds. The molecule has 0 unspecified atom stereocenters. The molecule has 0 saturated carbocycles. The van der Waals surface area contributed by atoms with Crippen molar-refractivity contribution in [2.24, 2.45) is 0 Å². The number of rotatable bonds is 3. The van der Waals surface area contributed by atoms with Gasteiger partial charge in [-0.05, 0) is 53.4 Å². The fourth-order valence-electron chi connectivity index (χ4n) is 2.09. The quantitative estimate of drug-likeness (QED) is 0.930. The van der Waals surface area contributed by atoms with Crippen molar-refractivity contribution in [1.29, 1.82) is 0 Å². The highest BCUT2D eigenvalue weighted by atomic mass is 79.9. The molecule has 18 heavy (non-hydrogen) atoms. The van der Waals surface area contributed by atoms with Gasteiger partial charge >= 0.3 is 0 Å². The molecule has 3 nitrogen and oxygen atoms in total. The Morgan fingerprint density at radius 1 is 1.44 bits per heavy atom. The number of nitrogens with zero attached hydrogens (tertiary/aromatic N) is 1. The molecule has 1 aromatic carbocycles. The second kappa shape index (κ2) is 5.69. The number of carbonyl (C=O) groups is 1. The summed E-state index contributed by atoms with van der Waals surface area (Å²) in [6, 6.07) is 3.12. The number of nitrogens with one attached hydrogen (secondary N) is 1. The molecule has 5 heteroatoms. The fourth-order valence-corrected chi connectivity index (χ4v) is 2.43. The van der Waals surface area contributed by atoms with Gasteiger partial charge in [0.25, 0.3) is 0 Å². The van der Waals surface area contributed by atoms with Crippen molar-refractivity contribution in [3.63, 3.8) is 0 Å². The molecule has 2 rings (SSSR count). The molecule has 0 bridgehead atoms. The van der Waals surface area contributed by atoms with Crippen molar-refractivity contribution >= 4 is 27.5 Å². The predicted molar refractivity (Wildman–Crippen MR) is 73.1 cm³/mol. The monoisotopic (exact) mass is 314 g/mol. The molecule has 1 aliphatic heterocycles. The topological polar surface area (TPSA) is 32.3 Å². The standard InChI is InChI=1S/C13H16BrFN2O/c1-9-6-11(15)10(14)7-12(9)16-8-13(18)17-4-2-3-5-17/h6-7,16H,2-5,8H2,1H3. The molecule has 1 heterocycles. The summed E-state index contributed by atoms with van der Waals surface area (Å²) in [6.07, 6.45) is 2.18. The van der Waals surface area contributed by atoms with Crippen molar-refractivity contribution in [2.75, 3.05) is 25.0 Å². The molecular weight excluding hydrogens is 299 g/mol. The summed E-state index contributed by atoms with van der Waals surface area (Å²) >= 11 is 3.14. The van der Waals surface area contributed by atoms with Crippen LogP contribution < -0.4 is 5.32 Å². The van der Waals surface area contributed by atoms with Crippen molar-refractivity contribution in [3.8, 4) is 0 Å². The zero-order chi connectivity index (χ0) is 13.1. The van der Waals surface area contributed by atoms with Gasteiger partial charge in [-0.25, -0.2) is 4.39 Å². The fraction of sp³-hybridized carbons (Fsp3) is 0.462. The molecule has 98 valence electrons. The van der Waals surface area contributed by atoms with Crippen LogP contribution in [0.25, 0.3) is 0 Å². The first kappa shape index (κ1) is 13.3. The highest BCUT2D eigenvalue weighted by Gasteiger charge is 2.17. The smallest absolute Gasteiger partial charge is 0.241 e. The third-order valence-electron chi connectivity index (χ3n) is 3.16. The summed E-state index contributed by atoms with van der Waals surface area (Å²) in [5.41, 5.74) is 1.58. The van der Waals surface area contributed by atoms with Crippen LogP contribution in [0.4, 0.5) is 10.1 Å². The lowest BCUT2D eigenvalue weighted by Gasteiger charge is -2.17. The Labute approximate surface area is 114 Å². The minimum Gasteiger partial charge on any atom is -0.376 e. The number of hydrogen-bond acceptors (Lipinski definition) is 2. The second-order valence-electron chi connectivity index (χ2n) is 4.52. The van der Waals surface area contributed by atoms with Crippen LogP contribution in [0.1, 0.15) is 18.4 Å². The van der Waals surface area contributed by atoms with E-state index in [4.69, 9.17) is 0 Å². The van der Waals surface area contributed by atoms with E-state index in [9.17, 15) is 9.18 Å². The molecule has 0 aliphatic carbocycles. The average molecular weight is 315 g/mol. The van der Waals surface area contributed by atoms with E-state index in [0.717, 1.165) is 37.2 Å². The molecule has 1 saturated heterocycles. The predicted octanol–water partition coefficient (Wildman–Crippen LogP) is 2.93. The number of likely N-dealkylation sites (tertiary alicyclic amines) is 1. The Bertz CT molecular complexity index is 459. The molecule has 0 atom stereocenters. The minimum absolute atomic E-state index is 0.104. The third kappa shape index (κ3) is 3.02. The maximum absolute atomic E-state index is 13.3. The van der Waals surface area contributed by atoms with Gasteiger partial charge in [0.15, 0.2) is 0 Å². The van der Waals surface area contributed by atoms with Crippen LogP contribution in [0, 0.1) is 12.7 Å². The minimum atomic E-state index is -0.288. The van der Waals surface area contributed by atoms with E-state index in [0.29, 0.717) is 4.47 Å². The maximum Gasteiger partial charge on any atom is 0.241 e. The average Bonchev–Trinajstić information content (AvgIpc) is 2.85. The van der Waals surface area contributed by atoms with Crippen molar-refractivity contribution in [1.82, 2.24) is 4.90 Å². The first-order valence-electron chi connectivity index (χ1n) is 6.05. The number of amides is 1.